The Labute approximate surface area is 383 Å². The Kier molecular flexibility index (Phi) is 52.2. The topological polar surface area (TPSA) is 69.6 Å². The van der Waals surface area contributed by atoms with Crippen molar-refractivity contribution in [3.05, 3.63) is 24.3 Å². The molecule has 0 aliphatic carbocycles. The lowest BCUT2D eigenvalue weighted by Crippen LogP contribution is -2.45. The summed E-state index contributed by atoms with van der Waals surface area (Å²) >= 11 is 0. The number of aliphatic hydroxyl groups excluding tert-OH is 2. The van der Waals surface area contributed by atoms with E-state index in [4.69, 9.17) is 0 Å². The molecule has 0 spiro atoms. The van der Waals surface area contributed by atoms with Crippen LogP contribution in [-0.4, -0.2) is 34.9 Å². The number of unbranched alkanes of at least 4 members (excludes halogenated alkanes) is 43. The number of carbonyl (C=O) groups is 1. The third-order valence-corrected chi connectivity index (χ3v) is 13.2. The number of amides is 1. The van der Waals surface area contributed by atoms with Crippen molar-refractivity contribution in [3.8, 4) is 0 Å². The van der Waals surface area contributed by atoms with Gasteiger partial charge in [0, 0.05) is 6.42 Å². The van der Waals surface area contributed by atoms with Gasteiger partial charge in [-0.15, -0.1) is 0 Å². The van der Waals surface area contributed by atoms with Gasteiger partial charge in [0.25, 0.3) is 0 Å². The smallest absolute Gasteiger partial charge is 0.220 e. The second-order valence-corrected chi connectivity index (χ2v) is 19.4. The lowest BCUT2D eigenvalue weighted by atomic mass is 10.0. The van der Waals surface area contributed by atoms with Gasteiger partial charge < -0.3 is 15.5 Å². The van der Waals surface area contributed by atoms with Gasteiger partial charge in [-0.3, -0.25) is 4.79 Å². The minimum atomic E-state index is -0.859. The molecule has 0 aliphatic rings. The second kappa shape index (κ2) is 53.2. The number of hydrogen-bond donors (Lipinski definition) is 3. The summed E-state index contributed by atoms with van der Waals surface area (Å²) in [4.78, 5) is 12.5. The lowest BCUT2D eigenvalue weighted by molar-refractivity contribution is -0.123. The van der Waals surface area contributed by atoms with Crippen LogP contribution in [0.1, 0.15) is 316 Å². The van der Waals surface area contributed by atoms with E-state index in [-0.39, 0.29) is 12.5 Å². The van der Waals surface area contributed by atoms with Crippen LogP contribution < -0.4 is 5.32 Å². The minimum Gasteiger partial charge on any atom is -0.394 e. The maximum atomic E-state index is 12.5. The first-order chi connectivity index (χ1) is 30.2. The number of nitrogens with one attached hydrogen (secondary N) is 1. The summed E-state index contributed by atoms with van der Waals surface area (Å²) in [5.74, 6) is -0.0666. The number of carbonyl (C=O) groups excluding carboxylic acids is 1. The largest absolute Gasteiger partial charge is 0.394 e. The Morgan fingerprint density at radius 2 is 0.639 bits per heavy atom. The van der Waals surface area contributed by atoms with Crippen LogP contribution in [0.4, 0.5) is 0 Å². The Hall–Kier alpha value is -1.13. The molecule has 0 heterocycles. The van der Waals surface area contributed by atoms with Gasteiger partial charge in [-0.1, -0.05) is 301 Å². The first kappa shape index (κ1) is 59.9. The van der Waals surface area contributed by atoms with Crippen LogP contribution in [0.5, 0.6) is 0 Å². The molecule has 362 valence electrons. The van der Waals surface area contributed by atoms with Gasteiger partial charge >= 0.3 is 0 Å². The first-order valence-electron chi connectivity index (χ1n) is 28.1. The van der Waals surface area contributed by atoms with Crippen molar-refractivity contribution in [2.75, 3.05) is 6.61 Å². The van der Waals surface area contributed by atoms with Crippen molar-refractivity contribution >= 4 is 5.91 Å². The Balaban J connectivity index is 3.48. The van der Waals surface area contributed by atoms with Gasteiger partial charge in [0.2, 0.25) is 5.91 Å². The highest BCUT2D eigenvalue weighted by Gasteiger charge is 2.18. The van der Waals surface area contributed by atoms with Crippen LogP contribution in [0.25, 0.3) is 0 Å². The molecule has 0 bridgehead atoms. The zero-order valence-electron chi connectivity index (χ0n) is 41.7. The molecule has 0 saturated heterocycles. The highest BCUT2D eigenvalue weighted by Crippen LogP contribution is 2.18. The number of allylic oxidation sites excluding steroid dienone is 3. The molecule has 0 aromatic rings. The quantitative estimate of drug-likeness (QED) is 0.0422. The fourth-order valence-corrected chi connectivity index (χ4v) is 8.90. The van der Waals surface area contributed by atoms with E-state index in [0.29, 0.717) is 6.42 Å². The fraction of sp³-hybridized carbons (Fsp3) is 0.912. The monoisotopic (exact) mass is 858 g/mol. The Morgan fingerprint density at radius 1 is 0.377 bits per heavy atom. The summed E-state index contributed by atoms with van der Waals surface area (Å²) in [6.07, 6.45) is 70.6. The standard InChI is InChI=1S/C57H111NO3/c1-3-5-7-9-11-13-15-17-19-21-23-25-27-28-29-30-31-33-35-37-39-41-43-45-47-49-51-53-57(61)58-55(54-59)56(60)52-50-48-46-44-42-40-38-36-34-32-26-24-22-20-18-16-14-12-10-8-6-4-2/h42,44,50,52,55-56,59-60H,3-41,43,45-49,51,53-54H2,1-2H3,(H,58,61)/b44-42+,52-50+. The van der Waals surface area contributed by atoms with Crippen molar-refractivity contribution in [3.63, 3.8) is 0 Å². The number of hydrogen-bond acceptors (Lipinski definition) is 3. The van der Waals surface area contributed by atoms with Gasteiger partial charge in [-0.05, 0) is 32.1 Å². The molecule has 2 unspecified atom stereocenters. The maximum Gasteiger partial charge on any atom is 0.220 e. The molecule has 0 fully saturated rings. The summed E-state index contributed by atoms with van der Waals surface area (Å²) in [7, 11) is 0. The molecule has 0 saturated carbocycles. The second-order valence-electron chi connectivity index (χ2n) is 19.4. The maximum absolute atomic E-state index is 12.5. The molecule has 1 amide bonds. The van der Waals surface area contributed by atoms with Gasteiger partial charge in [0.05, 0.1) is 18.8 Å². The van der Waals surface area contributed by atoms with Crippen molar-refractivity contribution in [1.82, 2.24) is 5.32 Å². The average Bonchev–Trinajstić information content (AvgIpc) is 3.26. The van der Waals surface area contributed by atoms with Crippen molar-refractivity contribution in [2.24, 2.45) is 0 Å². The van der Waals surface area contributed by atoms with Gasteiger partial charge in [-0.2, -0.15) is 0 Å². The van der Waals surface area contributed by atoms with Crippen LogP contribution in [0.3, 0.4) is 0 Å². The van der Waals surface area contributed by atoms with E-state index in [1.165, 1.54) is 263 Å². The molecule has 0 aliphatic heterocycles. The summed E-state index contributed by atoms with van der Waals surface area (Å²) in [6.45, 7) is 4.34. The molecule has 61 heavy (non-hydrogen) atoms. The fourth-order valence-electron chi connectivity index (χ4n) is 8.90. The van der Waals surface area contributed by atoms with Crippen molar-refractivity contribution < 1.29 is 15.0 Å². The first-order valence-corrected chi connectivity index (χ1v) is 28.1. The average molecular weight is 859 g/mol. The molecule has 2 atom stereocenters. The third kappa shape index (κ3) is 49.7. The van der Waals surface area contributed by atoms with E-state index >= 15 is 0 Å². The van der Waals surface area contributed by atoms with Crippen molar-refractivity contribution in [1.29, 1.82) is 0 Å². The highest BCUT2D eigenvalue weighted by molar-refractivity contribution is 5.76. The van der Waals surface area contributed by atoms with E-state index in [2.05, 4.69) is 31.3 Å². The molecule has 4 heteroatoms. The van der Waals surface area contributed by atoms with Crippen LogP contribution in [0.15, 0.2) is 24.3 Å². The third-order valence-electron chi connectivity index (χ3n) is 13.2. The van der Waals surface area contributed by atoms with E-state index in [0.717, 1.165) is 32.1 Å². The van der Waals surface area contributed by atoms with Crippen LogP contribution >= 0.6 is 0 Å². The molecule has 4 nitrogen and oxygen atoms in total. The zero-order chi connectivity index (χ0) is 44.2. The minimum absolute atomic E-state index is 0.0666. The SMILES string of the molecule is CCCCCCCCCCCCCCCCCC/C=C/CC/C=C/C(O)C(CO)NC(=O)CCCCCCCCCCCCCCCCCCCCCCCCCCCCC. The molecule has 0 radical (unpaired) electrons. The number of aliphatic hydroxyl groups is 2. The Morgan fingerprint density at radius 3 is 0.951 bits per heavy atom. The molecule has 0 aromatic carbocycles. The van der Waals surface area contributed by atoms with E-state index in [9.17, 15) is 15.0 Å². The van der Waals surface area contributed by atoms with Gasteiger partial charge in [-0.25, -0.2) is 0 Å². The molecule has 3 N–H and O–H groups in total. The van der Waals surface area contributed by atoms with Crippen LogP contribution in [-0.2, 0) is 4.79 Å². The van der Waals surface area contributed by atoms with Gasteiger partial charge in [0.1, 0.15) is 0 Å². The Bertz CT molecular complexity index is 886. The summed E-state index contributed by atoms with van der Waals surface area (Å²) in [6, 6.07) is -0.636. The molecular formula is C57H111NO3. The van der Waals surface area contributed by atoms with E-state index in [1.54, 1.807) is 6.08 Å². The predicted molar refractivity (Wildman–Crippen MR) is 272 cm³/mol. The summed E-state index contributed by atoms with van der Waals surface area (Å²) in [5.41, 5.74) is 0. The van der Waals surface area contributed by atoms with Crippen molar-refractivity contribution in [2.45, 2.75) is 328 Å². The van der Waals surface area contributed by atoms with Crippen LogP contribution in [0, 0.1) is 0 Å². The van der Waals surface area contributed by atoms with Gasteiger partial charge in [0.15, 0.2) is 0 Å². The van der Waals surface area contributed by atoms with E-state index in [1.807, 2.05) is 6.08 Å². The predicted octanol–water partition coefficient (Wildman–Crippen LogP) is 18.3. The van der Waals surface area contributed by atoms with E-state index < -0.39 is 12.1 Å². The number of rotatable bonds is 52. The highest BCUT2D eigenvalue weighted by atomic mass is 16.3. The molecular weight excluding hydrogens is 747 g/mol. The molecule has 0 aromatic heterocycles. The normalized spacial score (nSPS) is 12.9. The van der Waals surface area contributed by atoms with Crippen LogP contribution in [0.2, 0.25) is 0 Å². The lowest BCUT2D eigenvalue weighted by Gasteiger charge is -2.19. The summed E-state index contributed by atoms with van der Waals surface area (Å²) < 4.78 is 0. The molecule has 0 rings (SSSR count). The summed E-state index contributed by atoms with van der Waals surface area (Å²) in [5, 5.41) is 23.1. The zero-order valence-corrected chi connectivity index (χ0v) is 41.7.